The Morgan fingerprint density at radius 3 is 2.54 bits per heavy atom. The first-order chi connectivity index (χ1) is 16.7. The molecule has 0 unspecified atom stereocenters. The van der Waals surface area contributed by atoms with E-state index in [9.17, 15) is 18.4 Å². The SMILES string of the molecule is CC(F)(F)c1ccc(NC(=O)c2cccc(Oc3ccc4nc(NC(=O)C5CC5)cn4n3)c2)cc1. The summed E-state index contributed by atoms with van der Waals surface area (Å²) in [5.74, 6) is -2.28. The van der Waals surface area contributed by atoms with Crippen LogP contribution in [0.3, 0.4) is 0 Å². The number of nitrogens with zero attached hydrogens (tertiary/aromatic N) is 3. The van der Waals surface area contributed by atoms with Crippen LogP contribution in [-0.4, -0.2) is 26.4 Å². The third-order valence-corrected chi connectivity index (χ3v) is 5.46. The van der Waals surface area contributed by atoms with Crippen LogP contribution in [0.1, 0.15) is 35.7 Å². The van der Waals surface area contributed by atoms with Gasteiger partial charge in [-0.05, 0) is 49.2 Å². The fourth-order valence-electron chi connectivity index (χ4n) is 3.42. The molecule has 1 fully saturated rings. The van der Waals surface area contributed by atoms with E-state index < -0.39 is 11.8 Å². The van der Waals surface area contributed by atoms with Gasteiger partial charge in [0, 0.05) is 35.7 Å². The van der Waals surface area contributed by atoms with Crippen LogP contribution in [0.25, 0.3) is 5.65 Å². The number of amides is 2. The topological polar surface area (TPSA) is 97.6 Å². The van der Waals surface area contributed by atoms with Gasteiger partial charge in [0.05, 0.1) is 6.20 Å². The molecule has 8 nitrogen and oxygen atoms in total. The highest BCUT2D eigenvalue weighted by Crippen LogP contribution is 2.30. The molecule has 1 saturated carbocycles. The molecule has 1 aliphatic carbocycles. The number of carbonyl (C=O) groups is 2. The molecule has 0 saturated heterocycles. The summed E-state index contributed by atoms with van der Waals surface area (Å²) in [5.41, 5.74) is 1.13. The smallest absolute Gasteiger partial charge is 0.270 e. The van der Waals surface area contributed by atoms with Crippen LogP contribution in [0.4, 0.5) is 20.3 Å². The summed E-state index contributed by atoms with van der Waals surface area (Å²) in [5, 5.41) is 9.81. The molecule has 2 heterocycles. The number of fused-ring (bicyclic) bond motifs is 1. The van der Waals surface area contributed by atoms with E-state index in [-0.39, 0.29) is 23.3 Å². The van der Waals surface area contributed by atoms with Gasteiger partial charge in [0.2, 0.25) is 11.8 Å². The Kier molecular flexibility index (Phi) is 5.64. The average Bonchev–Trinajstić information content (AvgIpc) is 3.60. The standard InChI is InChI=1S/C25H21F2N5O3/c1-25(26,27)17-7-9-18(10-8-17)28-24(34)16-3-2-4-19(13-16)35-22-12-11-21-29-20(14-32(21)31-22)30-23(33)15-5-6-15/h2-4,7-15H,5-6H2,1H3,(H,28,34)(H,30,33). The lowest BCUT2D eigenvalue weighted by Crippen LogP contribution is -2.13. The minimum Gasteiger partial charge on any atom is -0.438 e. The summed E-state index contributed by atoms with van der Waals surface area (Å²) in [6.07, 6.45) is 3.40. The average molecular weight is 477 g/mol. The van der Waals surface area contributed by atoms with Crippen LogP contribution < -0.4 is 15.4 Å². The Bertz CT molecular complexity index is 1410. The van der Waals surface area contributed by atoms with E-state index in [0.717, 1.165) is 19.8 Å². The zero-order chi connectivity index (χ0) is 24.6. The summed E-state index contributed by atoms with van der Waals surface area (Å²) < 4.78 is 34.1. The number of hydrogen-bond donors (Lipinski definition) is 2. The van der Waals surface area contributed by atoms with E-state index >= 15 is 0 Å². The molecule has 10 heteroatoms. The quantitative estimate of drug-likeness (QED) is 0.380. The summed E-state index contributed by atoms with van der Waals surface area (Å²) >= 11 is 0. The molecule has 178 valence electrons. The van der Waals surface area contributed by atoms with Crippen molar-refractivity contribution < 1.29 is 23.1 Å². The molecule has 0 bridgehead atoms. The van der Waals surface area contributed by atoms with Crippen LogP contribution >= 0.6 is 0 Å². The van der Waals surface area contributed by atoms with Gasteiger partial charge < -0.3 is 15.4 Å². The second-order valence-electron chi connectivity index (χ2n) is 8.41. The van der Waals surface area contributed by atoms with Gasteiger partial charge in [-0.25, -0.2) is 18.3 Å². The van der Waals surface area contributed by atoms with Gasteiger partial charge in [-0.15, -0.1) is 5.10 Å². The molecule has 0 spiro atoms. The molecule has 2 aromatic carbocycles. The first kappa shape index (κ1) is 22.5. The maximum atomic E-state index is 13.4. The predicted octanol–water partition coefficient (Wildman–Crippen LogP) is 5.23. The second kappa shape index (κ2) is 8.79. The Balaban J connectivity index is 1.27. The van der Waals surface area contributed by atoms with E-state index in [4.69, 9.17) is 4.74 Å². The fraction of sp³-hybridized carbons (Fsp3) is 0.200. The molecule has 2 amide bonds. The van der Waals surface area contributed by atoms with E-state index in [0.29, 0.717) is 28.5 Å². The fourth-order valence-corrected chi connectivity index (χ4v) is 3.42. The molecule has 35 heavy (non-hydrogen) atoms. The number of carbonyl (C=O) groups excluding carboxylic acids is 2. The number of nitrogens with one attached hydrogen (secondary N) is 2. The Hall–Kier alpha value is -4.34. The molecule has 2 aromatic heterocycles. The monoisotopic (exact) mass is 477 g/mol. The zero-order valence-corrected chi connectivity index (χ0v) is 18.7. The van der Waals surface area contributed by atoms with Crippen molar-refractivity contribution in [1.82, 2.24) is 14.6 Å². The number of imidazole rings is 1. The lowest BCUT2D eigenvalue weighted by Gasteiger charge is -2.12. The molecule has 2 N–H and O–H groups in total. The van der Waals surface area contributed by atoms with Crippen LogP contribution in [0.5, 0.6) is 11.6 Å². The van der Waals surface area contributed by atoms with E-state index in [1.807, 2.05) is 0 Å². The van der Waals surface area contributed by atoms with Crippen molar-refractivity contribution in [2.75, 3.05) is 10.6 Å². The van der Waals surface area contributed by atoms with Crippen molar-refractivity contribution in [1.29, 1.82) is 0 Å². The van der Waals surface area contributed by atoms with E-state index in [1.165, 1.54) is 28.8 Å². The van der Waals surface area contributed by atoms with Crippen LogP contribution in [0.2, 0.25) is 0 Å². The zero-order valence-electron chi connectivity index (χ0n) is 18.7. The lowest BCUT2D eigenvalue weighted by atomic mass is 10.1. The first-order valence-corrected chi connectivity index (χ1v) is 11.0. The van der Waals surface area contributed by atoms with Gasteiger partial charge in [0.15, 0.2) is 11.5 Å². The Labute approximate surface area is 198 Å². The number of rotatable bonds is 7. The van der Waals surface area contributed by atoms with Crippen molar-refractivity contribution in [2.24, 2.45) is 5.92 Å². The molecule has 5 rings (SSSR count). The highest BCUT2D eigenvalue weighted by Gasteiger charge is 2.30. The Morgan fingerprint density at radius 2 is 1.83 bits per heavy atom. The van der Waals surface area contributed by atoms with Crippen molar-refractivity contribution in [2.45, 2.75) is 25.7 Å². The number of aromatic nitrogens is 3. The van der Waals surface area contributed by atoms with Crippen molar-refractivity contribution >= 4 is 29.0 Å². The number of halogens is 2. The highest BCUT2D eigenvalue weighted by atomic mass is 19.3. The maximum absolute atomic E-state index is 13.4. The van der Waals surface area contributed by atoms with Gasteiger partial charge in [-0.1, -0.05) is 18.2 Å². The summed E-state index contributed by atoms with van der Waals surface area (Å²) in [6.45, 7) is 0.817. The van der Waals surface area contributed by atoms with Crippen LogP contribution in [0.15, 0.2) is 66.9 Å². The molecule has 0 radical (unpaired) electrons. The normalized spacial score (nSPS) is 13.5. The number of alkyl halides is 2. The van der Waals surface area contributed by atoms with E-state index in [1.54, 1.807) is 42.6 Å². The van der Waals surface area contributed by atoms with Crippen LogP contribution in [-0.2, 0) is 10.7 Å². The molecular weight excluding hydrogens is 456 g/mol. The highest BCUT2D eigenvalue weighted by molar-refractivity contribution is 6.04. The predicted molar refractivity (Wildman–Crippen MR) is 125 cm³/mol. The number of hydrogen-bond acceptors (Lipinski definition) is 5. The Morgan fingerprint density at radius 1 is 1.06 bits per heavy atom. The maximum Gasteiger partial charge on any atom is 0.270 e. The lowest BCUT2D eigenvalue weighted by molar-refractivity contribution is -0.117. The summed E-state index contributed by atoms with van der Waals surface area (Å²) in [6, 6.07) is 15.2. The van der Waals surface area contributed by atoms with Crippen molar-refractivity contribution in [3.63, 3.8) is 0 Å². The van der Waals surface area contributed by atoms with Gasteiger partial charge >= 0.3 is 0 Å². The third kappa shape index (κ3) is 5.26. The molecular formula is C25H21F2N5O3. The molecule has 4 aromatic rings. The van der Waals surface area contributed by atoms with E-state index in [2.05, 4.69) is 20.7 Å². The largest absolute Gasteiger partial charge is 0.438 e. The summed E-state index contributed by atoms with van der Waals surface area (Å²) in [7, 11) is 0. The van der Waals surface area contributed by atoms with Gasteiger partial charge in [-0.3, -0.25) is 9.59 Å². The third-order valence-electron chi connectivity index (χ3n) is 5.46. The first-order valence-electron chi connectivity index (χ1n) is 11.0. The van der Waals surface area contributed by atoms with Crippen molar-refractivity contribution in [3.8, 4) is 11.6 Å². The minimum atomic E-state index is -2.95. The second-order valence-corrected chi connectivity index (χ2v) is 8.41. The number of ether oxygens (including phenoxy) is 1. The van der Waals surface area contributed by atoms with Gasteiger partial charge in [0.25, 0.3) is 11.8 Å². The summed E-state index contributed by atoms with van der Waals surface area (Å²) in [4.78, 5) is 28.9. The molecule has 0 aliphatic heterocycles. The van der Waals surface area contributed by atoms with Crippen LogP contribution in [0, 0.1) is 5.92 Å². The number of benzene rings is 2. The molecule has 1 aliphatic rings. The van der Waals surface area contributed by atoms with Gasteiger partial charge in [0.1, 0.15) is 5.75 Å². The van der Waals surface area contributed by atoms with Crippen molar-refractivity contribution in [3.05, 3.63) is 78.0 Å². The van der Waals surface area contributed by atoms with Gasteiger partial charge in [-0.2, -0.15) is 0 Å². The minimum absolute atomic E-state index is 0.0424. The molecule has 0 atom stereocenters. The number of anilines is 2.